The maximum absolute atomic E-state index is 13.4. The molecule has 2 fully saturated rings. The monoisotopic (exact) mass is 503 g/mol. The smallest absolute Gasteiger partial charge is 0.332 e. The van der Waals surface area contributed by atoms with Crippen LogP contribution in [-0.4, -0.2) is 57.2 Å². The van der Waals surface area contributed by atoms with Crippen LogP contribution < -0.4 is 10.6 Å². The number of aliphatic hydroxyl groups is 1. The second-order valence-electron chi connectivity index (χ2n) is 8.56. The molecule has 2 saturated heterocycles. The largest absolute Gasteiger partial charge is 0.451 e. The Hall–Kier alpha value is -3.82. The van der Waals surface area contributed by atoms with E-state index in [0.717, 1.165) is 11.1 Å². The molecule has 0 radical (unpaired) electrons. The highest BCUT2D eigenvalue weighted by Gasteiger charge is 2.58. The van der Waals surface area contributed by atoms with Gasteiger partial charge in [0.15, 0.2) is 12.1 Å². The number of carbonyl (C=O) groups is 3. The lowest BCUT2D eigenvalue weighted by Gasteiger charge is -2.53. The predicted octanol–water partition coefficient (Wildman–Crippen LogP) is 3.15. The van der Waals surface area contributed by atoms with Gasteiger partial charge in [-0.25, -0.2) is 9.59 Å². The van der Waals surface area contributed by atoms with Crippen molar-refractivity contribution < 1.29 is 24.2 Å². The van der Waals surface area contributed by atoms with Crippen LogP contribution >= 0.6 is 11.8 Å². The number of anilines is 1. The number of thioether (sulfide) groups is 1. The number of rotatable bonds is 6. The Morgan fingerprint density at radius 2 is 1.47 bits per heavy atom. The van der Waals surface area contributed by atoms with Gasteiger partial charge in [-0.15, -0.1) is 11.8 Å². The molecule has 5 rings (SSSR count). The van der Waals surface area contributed by atoms with Crippen molar-refractivity contribution >= 4 is 35.4 Å². The number of para-hydroxylation sites is 1. The van der Waals surface area contributed by atoms with Crippen molar-refractivity contribution in [1.82, 2.24) is 10.2 Å². The Morgan fingerprint density at radius 3 is 2.06 bits per heavy atom. The summed E-state index contributed by atoms with van der Waals surface area (Å²) in [5.41, 5.74) is 2.15. The molecule has 2 heterocycles. The molecule has 36 heavy (non-hydrogen) atoms. The van der Waals surface area contributed by atoms with E-state index in [4.69, 9.17) is 4.74 Å². The van der Waals surface area contributed by atoms with Crippen LogP contribution in [0.2, 0.25) is 0 Å². The first kappa shape index (κ1) is 23.9. The molecule has 2 aliphatic rings. The first-order valence-corrected chi connectivity index (χ1v) is 12.6. The van der Waals surface area contributed by atoms with Crippen LogP contribution in [-0.2, 0) is 14.3 Å². The summed E-state index contributed by atoms with van der Waals surface area (Å²) in [7, 11) is 0. The summed E-state index contributed by atoms with van der Waals surface area (Å²) >= 11 is 1.32. The second kappa shape index (κ2) is 10.4. The second-order valence-corrected chi connectivity index (χ2v) is 9.71. The SMILES string of the molecule is O=C(Nc1ccccc1)N[C@@H]1C(=O)N2C(C(=O)OC(c3ccccc3)c3ccccc3)C(O)CSC12. The van der Waals surface area contributed by atoms with E-state index >= 15 is 0 Å². The zero-order valence-electron chi connectivity index (χ0n) is 19.2. The van der Waals surface area contributed by atoms with Crippen LogP contribution in [0.5, 0.6) is 0 Å². The van der Waals surface area contributed by atoms with Crippen molar-refractivity contribution in [3.8, 4) is 0 Å². The number of ether oxygens (including phenoxy) is 1. The van der Waals surface area contributed by atoms with Gasteiger partial charge in [0.2, 0.25) is 5.91 Å². The summed E-state index contributed by atoms with van der Waals surface area (Å²) in [5, 5.41) is 15.6. The summed E-state index contributed by atoms with van der Waals surface area (Å²) in [6.07, 6.45) is -1.78. The highest BCUT2D eigenvalue weighted by atomic mass is 32.2. The molecule has 8 nitrogen and oxygen atoms in total. The van der Waals surface area contributed by atoms with Gasteiger partial charge in [-0.3, -0.25) is 4.79 Å². The van der Waals surface area contributed by atoms with Crippen molar-refractivity contribution in [2.24, 2.45) is 0 Å². The van der Waals surface area contributed by atoms with Gasteiger partial charge in [-0.1, -0.05) is 78.9 Å². The van der Waals surface area contributed by atoms with Gasteiger partial charge in [-0.05, 0) is 23.3 Å². The Bertz CT molecular complexity index is 1190. The third-order valence-electron chi connectivity index (χ3n) is 6.18. The minimum atomic E-state index is -1.16. The molecule has 9 heteroatoms. The highest BCUT2D eigenvalue weighted by molar-refractivity contribution is 8.00. The number of esters is 1. The van der Waals surface area contributed by atoms with Crippen LogP contribution in [0.25, 0.3) is 0 Å². The van der Waals surface area contributed by atoms with Crippen LogP contribution in [0.15, 0.2) is 91.0 Å². The number of nitrogens with one attached hydrogen (secondary N) is 2. The fraction of sp³-hybridized carbons (Fsp3) is 0.222. The number of nitrogens with zero attached hydrogens (tertiary/aromatic N) is 1. The Labute approximate surface area is 212 Å². The van der Waals surface area contributed by atoms with Crippen LogP contribution in [0.4, 0.5) is 10.5 Å². The van der Waals surface area contributed by atoms with Crippen molar-refractivity contribution in [3.05, 3.63) is 102 Å². The van der Waals surface area contributed by atoms with Gasteiger partial charge in [0.05, 0.1) is 6.10 Å². The van der Waals surface area contributed by atoms with Gasteiger partial charge >= 0.3 is 12.0 Å². The molecule has 0 spiro atoms. The molecule has 3 aromatic carbocycles. The molecule has 0 bridgehead atoms. The number of urea groups is 1. The van der Waals surface area contributed by atoms with E-state index in [1.807, 2.05) is 66.7 Å². The van der Waals surface area contributed by atoms with Gasteiger partial charge in [0.1, 0.15) is 11.4 Å². The van der Waals surface area contributed by atoms with E-state index in [9.17, 15) is 19.5 Å². The molecule has 3 aromatic rings. The van der Waals surface area contributed by atoms with E-state index in [2.05, 4.69) is 10.6 Å². The fourth-order valence-corrected chi connectivity index (χ4v) is 5.78. The first-order chi connectivity index (χ1) is 17.5. The van der Waals surface area contributed by atoms with Gasteiger partial charge in [0.25, 0.3) is 0 Å². The van der Waals surface area contributed by atoms with Crippen LogP contribution in [0, 0.1) is 0 Å². The lowest BCUT2D eigenvalue weighted by molar-refractivity contribution is -0.172. The summed E-state index contributed by atoms with van der Waals surface area (Å²) in [4.78, 5) is 40.2. The quantitative estimate of drug-likeness (QED) is 0.352. The normalized spacial score (nSPS) is 22.8. The molecule has 4 atom stereocenters. The van der Waals surface area contributed by atoms with Gasteiger partial charge in [0, 0.05) is 11.4 Å². The van der Waals surface area contributed by atoms with Gasteiger partial charge in [-0.2, -0.15) is 0 Å². The molecular weight excluding hydrogens is 478 g/mol. The van der Waals surface area contributed by atoms with E-state index in [1.165, 1.54) is 16.7 Å². The number of β-lactam (4-membered cyclic amide) rings is 1. The highest BCUT2D eigenvalue weighted by Crippen LogP contribution is 2.39. The average molecular weight is 504 g/mol. The van der Waals surface area contributed by atoms with E-state index in [1.54, 1.807) is 24.3 Å². The molecule has 3 N–H and O–H groups in total. The molecule has 184 valence electrons. The molecule has 0 aliphatic carbocycles. The molecular formula is C27H25N3O5S. The fourth-order valence-electron chi connectivity index (χ4n) is 4.44. The Kier molecular flexibility index (Phi) is 6.92. The van der Waals surface area contributed by atoms with Crippen molar-refractivity contribution in [2.75, 3.05) is 11.1 Å². The zero-order valence-corrected chi connectivity index (χ0v) is 20.0. The minimum Gasteiger partial charge on any atom is -0.451 e. The minimum absolute atomic E-state index is 0.230. The predicted molar refractivity (Wildman–Crippen MR) is 136 cm³/mol. The third-order valence-corrected chi connectivity index (χ3v) is 7.55. The molecule has 0 saturated carbocycles. The van der Waals surface area contributed by atoms with Crippen LogP contribution in [0.1, 0.15) is 17.2 Å². The van der Waals surface area contributed by atoms with Crippen LogP contribution in [0.3, 0.4) is 0 Å². The topological polar surface area (TPSA) is 108 Å². The van der Waals surface area contributed by atoms with E-state index in [0.29, 0.717) is 5.69 Å². The Morgan fingerprint density at radius 1 is 0.917 bits per heavy atom. The number of amides is 3. The van der Waals surface area contributed by atoms with Crippen molar-refractivity contribution in [2.45, 2.75) is 29.7 Å². The Balaban J connectivity index is 1.30. The zero-order chi connectivity index (χ0) is 25.1. The molecule has 0 aromatic heterocycles. The van der Waals surface area contributed by atoms with E-state index in [-0.39, 0.29) is 5.75 Å². The van der Waals surface area contributed by atoms with Crippen molar-refractivity contribution in [3.63, 3.8) is 0 Å². The lowest BCUT2D eigenvalue weighted by Crippen LogP contribution is -2.77. The number of hydrogen-bond acceptors (Lipinski definition) is 6. The number of benzene rings is 3. The standard InChI is InChI=1S/C27H25N3O5S/c31-20-16-36-25-21(29-27(34)28-19-14-8-3-9-15-19)24(32)30(25)22(20)26(33)35-23(17-10-4-1-5-11-17)18-12-6-2-7-13-18/h1-15,20-23,25,31H,16H2,(H2,28,29,34)/t20?,21-,22?,25?/m1/s1. The molecule has 2 aliphatic heterocycles. The first-order valence-electron chi connectivity index (χ1n) is 11.6. The van der Waals surface area contributed by atoms with Crippen molar-refractivity contribution in [1.29, 1.82) is 0 Å². The summed E-state index contributed by atoms with van der Waals surface area (Å²) in [6, 6.07) is 25.0. The maximum atomic E-state index is 13.4. The van der Waals surface area contributed by atoms with E-state index < -0.39 is 47.6 Å². The summed E-state index contributed by atoms with van der Waals surface area (Å²) < 4.78 is 5.93. The molecule has 3 amide bonds. The molecule has 3 unspecified atom stereocenters. The average Bonchev–Trinajstić information content (AvgIpc) is 2.91. The summed E-state index contributed by atoms with van der Waals surface area (Å²) in [5.74, 6) is -0.896. The number of aliphatic hydroxyl groups excluding tert-OH is 1. The maximum Gasteiger partial charge on any atom is 0.332 e. The number of carbonyl (C=O) groups excluding carboxylic acids is 3. The van der Waals surface area contributed by atoms with Gasteiger partial charge < -0.3 is 25.4 Å². The summed E-state index contributed by atoms with van der Waals surface area (Å²) in [6.45, 7) is 0. The number of fused-ring (bicyclic) bond motifs is 1. The lowest BCUT2D eigenvalue weighted by atomic mass is 9.98. The third kappa shape index (κ3) is 4.80. The number of hydrogen-bond donors (Lipinski definition) is 3.